The molecule has 0 spiro atoms. The summed E-state index contributed by atoms with van der Waals surface area (Å²) in [6.45, 7) is 2.12. The molecule has 0 unspecified atom stereocenters. The average molecular weight is 193 g/mol. The molecular weight excluding hydrogens is 179 g/mol. The topological polar surface area (TPSA) is 17.1 Å². The number of Topliss-reactive ketones (excluding diaryl/α,β-unsaturated/α-hetero) is 1. The molecule has 0 bridgehead atoms. The van der Waals surface area contributed by atoms with E-state index in [1.54, 1.807) is 0 Å². The van der Waals surface area contributed by atoms with Crippen molar-refractivity contribution in [2.75, 3.05) is 0 Å². The van der Waals surface area contributed by atoms with Crippen LogP contribution < -0.4 is 0 Å². The zero-order chi connectivity index (χ0) is 7.11. The molecule has 0 aliphatic rings. The molecule has 0 radical (unpaired) electrons. The first-order chi connectivity index (χ1) is 4.31. The van der Waals surface area contributed by atoms with E-state index in [4.69, 9.17) is 0 Å². The Morgan fingerprint density at radius 2 is 2.22 bits per heavy atom. The summed E-state index contributed by atoms with van der Waals surface area (Å²) in [5, 5.41) is 0.840. The van der Waals surface area contributed by atoms with Gasteiger partial charge in [-0.05, 0) is 0 Å². The van der Waals surface area contributed by atoms with Crippen LogP contribution in [0.3, 0.4) is 0 Å². The fourth-order valence-corrected chi connectivity index (χ4v) is 1.59. The van der Waals surface area contributed by atoms with E-state index >= 15 is 0 Å². The van der Waals surface area contributed by atoms with E-state index in [1.165, 1.54) is 0 Å². The van der Waals surface area contributed by atoms with Crippen molar-refractivity contribution in [3.8, 4) is 0 Å². The van der Waals surface area contributed by atoms with Gasteiger partial charge in [-0.2, -0.15) is 0 Å². The molecule has 1 nitrogen and oxygen atoms in total. The fourth-order valence-electron chi connectivity index (χ4n) is 0.607. The molecule has 2 heteroatoms. The molecule has 0 atom stereocenters. The van der Waals surface area contributed by atoms with Crippen molar-refractivity contribution in [1.29, 1.82) is 0 Å². The second-order valence-corrected chi connectivity index (χ2v) is 3.89. The van der Waals surface area contributed by atoms with Crippen molar-refractivity contribution in [3.05, 3.63) is 0 Å². The van der Waals surface area contributed by atoms with Crippen molar-refractivity contribution >= 4 is 20.7 Å². The van der Waals surface area contributed by atoms with Gasteiger partial charge in [0.25, 0.3) is 0 Å². The van der Waals surface area contributed by atoms with Crippen LogP contribution in [0, 0.1) is 0 Å². The maximum absolute atomic E-state index is 10.8. The monoisotopic (exact) mass is 194 g/mol. The minimum atomic E-state index is 0.458. The number of hydrogen-bond acceptors (Lipinski definition) is 1. The van der Waals surface area contributed by atoms with Gasteiger partial charge in [0.05, 0.1) is 0 Å². The molecule has 0 aromatic heterocycles. The number of carbonyl (C=O) groups excluding carboxylic acids is 1. The first-order valence-corrected chi connectivity index (χ1v) is 6.24. The Bertz CT molecular complexity index is 81.0. The summed E-state index contributed by atoms with van der Waals surface area (Å²) in [5.41, 5.74) is 0. The van der Waals surface area contributed by atoms with Gasteiger partial charge in [-0.1, -0.05) is 0 Å². The molecule has 0 saturated carbocycles. The normalized spacial score (nSPS) is 9.56. The van der Waals surface area contributed by atoms with Gasteiger partial charge in [-0.15, -0.1) is 0 Å². The Labute approximate surface area is 63.4 Å². The van der Waals surface area contributed by atoms with Crippen molar-refractivity contribution < 1.29 is 4.79 Å². The summed E-state index contributed by atoms with van der Waals surface area (Å²) in [6, 6.07) is 0. The molecule has 0 rings (SSSR count). The van der Waals surface area contributed by atoms with Gasteiger partial charge in [-0.25, -0.2) is 0 Å². The van der Waals surface area contributed by atoms with E-state index in [2.05, 4.69) is 12.7 Å². The van der Waals surface area contributed by atoms with Gasteiger partial charge >= 0.3 is 62.9 Å². The number of hydrogen-bond donors (Lipinski definition) is 0. The molecular formula is C7H14OSe. The summed E-state index contributed by atoms with van der Waals surface area (Å²) in [6.07, 6.45) is 3.03. The van der Waals surface area contributed by atoms with Crippen LogP contribution in [-0.2, 0) is 4.79 Å². The standard InChI is InChI=1S/C7H14OSe/c1-3-4-5-7(8)6-9-2/h3-6H2,1-2H3. The van der Waals surface area contributed by atoms with E-state index < -0.39 is 0 Å². The number of ketones is 1. The second-order valence-electron chi connectivity index (χ2n) is 2.08. The molecule has 0 aliphatic heterocycles. The van der Waals surface area contributed by atoms with Crippen molar-refractivity contribution in [2.45, 2.75) is 37.3 Å². The number of rotatable bonds is 5. The van der Waals surface area contributed by atoms with Crippen LogP contribution in [0.15, 0.2) is 0 Å². The van der Waals surface area contributed by atoms with E-state index in [1.807, 2.05) is 0 Å². The molecule has 0 aromatic carbocycles. The second kappa shape index (κ2) is 6.31. The van der Waals surface area contributed by atoms with Gasteiger partial charge in [0.1, 0.15) is 0 Å². The number of unbranched alkanes of at least 4 members (excludes halogenated alkanes) is 1. The SMILES string of the molecule is CCCCC(=O)C[Se]C. The maximum atomic E-state index is 10.8. The van der Waals surface area contributed by atoms with Crippen LogP contribution in [0.25, 0.3) is 0 Å². The Morgan fingerprint density at radius 3 is 2.67 bits per heavy atom. The van der Waals surface area contributed by atoms with Crippen molar-refractivity contribution in [3.63, 3.8) is 0 Å². The van der Waals surface area contributed by atoms with Crippen molar-refractivity contribution in [2.24, 2.45) is 0 Å². The first kappa shape index (κ1) is 9.19. The zero-order valence-corrected chi connectivity index (χ0v) is 7.86. The summed E-state index contributed by atoms with van der Waals surface area (Å²) in [4.78, 5) is 10.8. The van der Waals surface area contributed by atoms with Crippen LogP contribution in [0.2, 0.25) is 11.1 Å². The number of carbonyl (C=O) groups is 1. The Balaban J connectivity index is 3.06. The third-order valence-corrected chi connectivity index (χ3v) is 2.40. The van der Waals surface area contributed by atoms with Gasteiger partial charge in [-0.3, -0.25) is 0 Å². The van der Waals surface area contributed by atoms with Crippen LogP contribution in [0.5, 0.6) is 0 Å². The first-order valence-electron chi connectivity index (χ1n) is 3.32. The van der Waals surface area contributed by atoms with Crippen LogP contribution in [0.4, 0.5) is 0 Å². The molecule has 0 fully saturated rings. The van der Waals surface area contributed by atoms with E-state index in [9.17, 15) is 4.79 Å². The van der Waals surface area contributed by atoms with Gasteiger partial charge in [0.2, 0.25) is 0 Å². The van der Waals surface area contributed by atoms with Crippen molar-refractivity contribution in [1.82, 2.24) is 0 Å². The molecule has 0 aromatic rings. The van der Waals surface area contributed by atoms with Gasteiger partial charge in [0, 0.05) is 0 Å². The Kier molecular flexibility index (Phi) is 6.44. The Morgan fingerprint density at radius 1 is 1.56 bits per heavy atom. The molecule has 54 valence electrons. The van der Waals surface area contributed by atoms with Crippen LogP contribution in [0.1, 0.15) is 26.2 Å². The molecule has 0 aliphatic carbocycles. The summed E-state index contributed by atoms with van der Waals surface area (Å²) < 4.78 is 0. The van der Waals surface area contributed by atoms with E-state index in [0.29, 0.717) is 20.7 Å². The molecule has 9 heavy (non-hydrogen) atoms. The van der Waals surface area contributed by atoms with Crippen LogP contribution in [-0.4, -0.2) is 20.7 Å². The third kappa shape index (κ3) is 6.07. The summed E-state index contributed by atoms with van der Waals surface area (Å²) >= 11 is 0.546. The Hall–Kier alpha value is 0.189. The predicted octanol–water partition coefficient (Wildman–Crippen LogP) is 1.92. The fraction of sp³-hybridized carbons (Fsp3) is 0.857. The zero-order valence-electron chi connectivity index (χ0n) is 6.14. The quantitative estimate of drug-likeness (QED) is 0.609. The van der Waals surface area contributed by atoms with Gasteiger partial charge in [0.15, 0.2) is 0 Å². The molecule has 0 N–H and O–H groups in total. The third-order valence-electron chi connectivity index (χ3n) is 1.11. The van der Waals surface area contributed by atoms with Crippen LogP contribution >= 0.6 is 0 Å². The summed E-state index contributed by atoms with van der Waals surface area (Å²) in [5.74, 6) is 2.57. The average Bonchev–Trinajstić information content (AvgIpc) is 1.85. The minimum absolute atomic E-state index is 0.458. The summed E-state index contributed by atoms with van der Waals surface area (Å²) in [7, 11) is 0. The molecule has 0 saturated heterocycles. The van der Waals surface area contributed by atoms with E-state index in [-0.39, 0.29) is 0 Å². The van der Waals surface area contributed by atoms with E-state index in [0.717, 1.165) is 24.6 Å². The molecule has 0 heterocycles. The van der Waals surface area contributed by atoms with Gasteiger partial charge < -0.3 is 0 Å². The molecule has 0 amide bonds. The predicted molar refractivity (Wildman–Crippen MR) is 41.0 cm³/mol.